The molecule has 16 heavy (non-hydrogen) atoms. The van der Waals surface area contributed by atoms with Crippen molar-refractivity contribution < 1.29 is 11.3 Å². The highest BCUT2D eigenvalue weighted by Crippen LogP contribution is 2.27. The minimum absolute atomic E-state index is 0.0261. The molecule has 82 valence electrons. The standard InChI is InChI=1S/C14H14O2/c1-9(2)11-8-7-10-5-3-4-6-12(10)13(11)14(15)16/h3-9H,1-2H3,(H,15,16)/i8T. The van der Waals surface area contributed by atoms with E-state index in [1.54, 1.807) is 12.1 Å². The van der Waals surface area contributed by atoms with Crippen LogP contribution in [0.2, 0.25) is 0 Å². The van der Waals surface area contributed by atoms with Crippen molar-refractivity contribution >= 4 is 16.7 Å². The molecule has 0 radical (unpaired) electrons. The third-order valence-electron chi connectivity index (χ3n) is 2.67. The van der Waals surface area contributed by atoms with Gasteiger partial charge in [-0.1, -0.05) is 50.2 Å². The Hall–Kier alpha value is -1.83. The zero-order chi connectivity index (χ0) is 12.6. The number of rotatable bonds is 2. The van der Waals surface area contributed by atoms with E-state index in [0.717, 1.165) is 5.39 Å². The topological polar surface area (TPSA) is 37.3 Å². The summed E-state index contributed by atoms with van der Waals surface area (Å²) in [6.45, 7) is 3.82. The zero-order valence-corrected chi connectivity index (χ0v) is 9.32. The number of benzene rings is 2. The Kier molecular flexibility index (Phi) is 2.33. The largest absolute Gasteiger partial charge is 0.478 e. The van der Waals surface area contributed by atoms with Crippen LogP contribution in [0.25, 0.3) is 10.8 Å². The van der Waals surface area contributed by atoms with E-state index in [0.29, 0.717) is 17.0 Å². The summed E-state index contributed by atoms with van der Waals surface area (Å²) in [5.74, 6) is -0.933. The molecule has 0 amide bonds. The number of carbonyl (C=O) groups is 1. The maximum absolute atomic E-state index is 11.4. The number of hydrogen-bond donors (Lipinski definition) is 1. The fraction of sp³-hybridized carbons (Fsp3) is 0.214. The third-order valence-corrected chi connectivity index (χ3v) is 2.67. The van der Waals surface area contributed by atoms with Crippen LogP contribution in [0.3, 0.4) is 0 Å². The van der Waals surface area contributed by atoms with E-state index in [-0.39, 0.29) is 11.5 Å². The monoisotopic (exact) mass is 216 g/mol. The summed E-state index contributed by atoms with van der Waals surface area (Å²) in [6, 6.07) is 9.34. The van der Waals surface area contributed by atoms with E-state index in [9.17, 15) is 9.90 Å². The van der Waals surface area contributed by atoms with Crippen molar-refractivity contribution in [2.45, 2.75) is 19.8 Å². The van der Waals surface area contributed by atoms with Crippen molar-refractivity contribution in [3.8, 4) is 0 Å². The lowest BCUT2D eigenvalue weighted by molar-refractivity contribution is 0.0697. The lowest BCUT2D eigenvalue weighted by Gasteiger charge is -2.12. The van der Waals surface area contributed by atoms with Gasteiger partial charge in [-0.05, 0) is 22.3 Å². The first-order chi connectivity index (χ1) is 8.02. The number of aromatic carboxylic acids is 1. The van der Waals surface area contributed by atoms with E-state index in [1.807, 2.05) is 32.0 Å². The Bertz CT molecular complexity index is 588. The van der Waals surface area contributed by atoms with Gasteiger partial charge in [-0.25, -0.2) is 4.79 Å². The molecule has 2 aromatic carbocycles. The van der Waals surface area contributed by atoms with Gasteiger partial charge in [0.1, 0.15) is 0 Å². The number of carboxylic acids is 1. The van der Waals surface area contributed by atoms with Gasteiger partial charge in [0.25, 0.3) is 0 Å². The molecule has 2 nitrogen and oxygen atoms in total. The van der Waals surface area contributed by atoms with Gasteiger partial charge < -0.3 is 5.11 Å². The smallest absolute Gasteiger partial charge is 0.336 e. The Morgan fingerprint density at radius 1 is 1.31 bits per heavy atom. The van der Waals surface area contributed by atoms with Crippen LogP contribution in [0, 0.1) is 0 Å². The van der Waals surface area contributed by atoms with Gasteiger partial charge in [0.15, 0.2) is 0 Å². The first-order valence-corrected chi connectivity index (χ1v) is 5.28. The molecule has 0 atom stereocenters. The fourth-order valence-corrected chi connectivity index (χ4v) is 1.91. The molecular weight excluding hydrogens is 200 g/mol. The molecule has 2 heteroatoms. The predicted octanol–water partition coefficient (Wildman–Crippen LogP) is 3.66. The molecule has 0 aliphatic carbocycles. The average Bonchev–Trinajstić information content (AvgIpc) is 2.26. The highest BCUT2D eigenvalue weighted by atomic mass is 16.4. The maximum atomic E-state index is 11.4. The van der Waals surface area contributed by atoms with Crippen molar-refractivity contribution in [1.29, 1.82) is 0 Å². The van der Waals surface area contributed by atoms with Crippen molar-refractivity contribution in [1.82, 2.24) is 0 Å². The fourth-order valence-electron chi connectivity index (χ4n) is 1.91. The molecule has 0 bridgehead atoms. The van der Waals surface area contributed by atoms with Gasteiger partial charge in [0.05, 0.1) is 6.93 Å². The van der Waals surface area contributed by atoms with Crippen LogP contribution in [0.1, 0.15) is 37.1 Å². The Labute approximate surface area is 95.9 Å². The van der Waals surface area contributed by atoms with Crippen LogP contribution in [-0.4, -0.2) is 11.1 Å². The van der Waals surface area contributed by atoms with Crippen LogP contribution in [-0.2, 0) is 0 Å². The summed E-state index contributed by atoms with van der Waals surface area (Å²) in [4.78, 5) is 11.4. The van der Waals surface area contributed by atoms with Gasteiger partial charge in [-0.3, -0.25) is 0 Å². The summed E-state index contributed by atoms with van der Waals surface area (Å²) < 4.78 is 7.95. The lowest BCUT2D eigenvalue weighted by atomic mass is 9.92. The van der Waals surface area contributed by atoms with E-state index in [1.165, 1.54) is 0 Å². The summed E-state index contributed by atoms with van der Waals surface area (Å²) in [7, 11) is 0. The average molecular weight is 216 g/mol. The van der Waals surface area contributed by atoms with E-state index >= 15 is 0 Å². The molecule has 1 N–H and O–H groups in total. The number of carboxylic acid groups (broad SMARTS) is 1. The van der Waals surface area contributed by atoms with Gasteiger partial charge in [0.2, 0.25) is 0 Å². The molecule has 2 rings (SSSR count). The molecule has 0 aliphatic heterocycles. The summed E-state index contributed by atoms with van der Waals surface area (Å²) in [5.41, 5.74) is 0.874. The lowest BCUT2D eigenvalue weighted by Crippen LogP contribution is -2.04. The highest BCUT2D eigenvalue weighted by molar-refractivity contribution is 6.05. The Morgan fingerprint density at radius 2 is 2.00 bits per heavy atom. The van der Waals surface area contributed by atoms with Gasteiger partial charge in [-0.15, -0.1) is 0 Å². The van der Waals surface area contributed by atoms with Crippen LogP contribution in [0.4, 0.5) is 0 Å². The second-order valence-electron chi connectivity index (χ2n) is 4.12. The highest BCUT2D eigenvalue weighted by Gasteiger charge is 2.15. The van der Waals surface area contributed by atoms with E-state index in [4.69, 9.17) is 1.37 Å². The molecule has 0 spiro atoms. The summed E-state index contributed by atoms with van der Waals surface area (Å²) >= 11 is 0. The first kappa shape index (κ1) is 9.40. The normalized spacial score (nSPS) is 11.8. The SMILES string of the molecule is [3H]c1cc2ccccc2c(C(=O)O)c1C(C)C. The first-order valence-electron chi connectivity index (χ1n) is 5.78. The number of hydrogen-bond acceptors (Lipinski definition) is 1. The molecule has 0 saturated carbocycles. The molecule has 2 aromatic rings. The van der Waals surface area contributed by atoms with Gasteiger partial charge in [0, 0.05) is 0 Å². The van der Waals surface area contributed by atoms with Gasteiger partial charge >= 0.3 is 5.97 Å². The van der Waals surface area contributed by atoms with Crippen molar-refractivity contribution in [2.75, 3.05) is 0 Å². The van der Waals surface area contributed by atoms with Gasteiger partial charge in [-0.2, -0.15) is 0 Å². The van der Waals surface area contributed by atoms with Crippen molar-refractivity contribution in [3.05, 3.63) is 47.5 Å². The minimum atomic E-state index is -0.959. The van der Waals surface area contributed by atoms with Crippen molar-refractivity contribution in [3.63, 3.8) is 0 Å². The second-order valence-corrected chi connectivity index (χ2v) is 4.12. The molecule has 0 aromatic heterocycles. The quantitative estimate of drug-likeness (QED) is 0.831. The van der Waals surface area contributed by atoms with Crippen LogP contribution in [0.5, 0.6) is 0 Å². The molecule has 0 saturated heterocycles. The zero-order valence-electron chi connectivity index (χ0n) is 10.3. The van der Waals surface area contributed by atoms with E-state index in [2.05, 4.69) is 0 Å². The van der Waals surface area contributed by atoms with Crippen LogP contribution >= 0.6 is 0 Å². The van der Waals surface area contributed by atoms with Crippen LogP contribution < -0.4 is 0 Å². The van der Waals surface area contributed by atoms with E-state index < -0.39 is 5.97 Å². The maximum Gasteiger partial charge on any atom is 0.336 e. The molecule has 0 aliphatic rings. The minimum Gasteiger partial charge on any atom is -0.478 e. The predicted molar refractivity (Wildman–Crippen MR) is 65.0 cm³/mol. The summed E-state index contributed by atoms with van der Waals surface area (Å²) in [6.07, 6.45) is 0. The Morgan fingerprint density at radius 3 is 2.62 bits per heavy atom. The molecule has 0 heterocycles. The van der Waals surface area contributed by atoms with Crippen molar-refractivity contribution in [2.24, 2.45) is 0 Å². The number of fused-ring (bicyclic) bond motifs is 1. The van der Waals surface area contributed by atoms with Crippen LogP contribution in [0.15, 0.2) is 36.4 Å². The molecule has 0 unspecified atom stereocenters. The third kappa shape index (κ3) is 1.67. The molecule has 0 fully saturated rings. The second kappa shape index (κ2) is 3.97. The Balaban J connectivity index is 2.94. The summed E-state index contributed by atoms with van der Waals surface area (Å²) in [5, 5.41) is 10.9. The molecular formula is C14H14O2.